The van der Waals surface area contributed by atoms with Crippen LogP contribution in [-0.4, -0.2) is 24.1 Å². The van der Waals surface area contributed by atoms with Crippen molar-refractivity contribution in [1.82, 2.24) is 24.1 Å². The summed E-state index contributed by atoms with van der Waals surface area (Å²) in [4.78, 5) is 18.0. The van der Waals surface area contributed by atoms with Crippen LogP contribution in [0.5, 0.6) is 0 Å². The minimum Gasteiger partial charge on any atom is -0.469 e. The Morgan fingerprint density at radius 3 is 2.89 bits per heavy atom. The van der Waals surface area contributed by atoms with E-state index in [-0.39, 0.29) is 5.56 Å². The lowest BCUT2D eigenvalue weighted by Crippen LogP contribution is -2.13. The van der Waals surface area contributed by atoms with Gasteiger partial charge in [-0.1, -0.05) is 35.2 Å². The first-order valence-corrected chi connectivity index (χ1v) is 10.4. The molecule has 4 heterocycles. The van der Waals surface area contributed by atoms with Crippen LogP contribution in [0.25, 0.3) is 26.6 Å². The Bertz CT molecular complexity index is 1380. The monoisotopic (exact) mass is 409 g/mol. The fourth-order valence-electron chi connectivity index (χ4n) is 3.13. The molecule has 9 heteroatoms. The van der Waals surface area contributed by atoms with E-state index in [0.717, 1.165) is 38.2 Å². The molecule has 0 N–H and O–H groups in total. The maximum atomic E-state index is 12.6. The summed E-state index contributed by atoms with van der Waals surface area (Å²) in [5.74, 6) is 2.09. The van der Waals surface area contributed by atoms with Gasteiger partial charge in [0.1, 0.15) is 5.76 Å². The van der Waals surface area contributed by atoms with Crippen molar-refractivity contribution >= 4 is 38.3 Å². The van der Waals surface area contributed by atoms with E-state index in [0.29, 0.717) is 10.7 Å². The summed E-state index contributed by atoms with van der Waals surface area (Å²) < 4.78 is 9.99. The maximum Gasteiger partial charge on any atom is 0.259 e. The van der Waals surface area contributed by atoms with E-state index in [9.17, 15) is 4.79 Å². The highest BCUT2D eigenvalue weighted by Gasteiger charge is 2.16. The Balaban J connectivity index is 1.45. The van der Waals surface area contributed by atoms with Crippen LogP contribution in [-0.2, 0) is 12.8 Å². The molecule has 0 saturated carbocycles. The summed E-state index contributed by atoms with van der Waals surface area (Å²) in [6.45, 7) is 1.90. The first kappa shape index (κ1) is 17.2. The zero-order valence-electron chi connectivity index (χ0n) is 15.1. The maximum absolute atomic E-state index is 12.6. The quantitative estimate of drug-likeness (QED) is 0.419. The highest BCUT2D eigenvalue weighted by Crippen LogP contribution is 2.28. The van der Waals surface area contributed by atoms with E-state index in [2.05, 4.69) is 15.2 Å². The normalized spacial score (nSPS) is 11.6. The number of aryl methyl sites for hydroxylation is 1. The van der Waals surface area contributed by atoms with Crippen molar-refractivity contribution in [1.29, 1.82) is 0 Å². The predicted molar refractivity (Wildman–Crippen MR) is 110 cm³/mol. The van der Waals surface area contributed by atoms with Crippen LogP contribution >= 0.6 is 23.1 Å². The van der Waals surface area contributed by atoms with Crippen LogP contribution in [0.15, 0.2) is 57.0 Å². The Labute approximate surface area is 167 Å². The van der Waals surface area contributed by atoms with Gasteiger partial charge in [0.15, 0.2) is 15.9 Å². The van der Waals surface area contributed by atoms with Gasteiger partial charge in [0.05, 0.1) is 27.7 Å². The summed E-state index contributed by atoms with van der Waals surface area (Å²) >= 11 is 3.02. The standard InChI is InChI=1S/C19H15N5O2S2/c1-11-13(7-8-26-11)17-21-22-19(23(17)2)27-10-12-9-16(25)24-14-5-3-4-6-15(14)28-18(24)20-12/h3-9H,10H2,1-2H3. The van der Waals surface area contributed by atoms with E-state index in [4.69, 9.17) is 4.42 Å². The van der Waals surface area contributed by atoms with Gasteiger partial charge in [-0.2, -0.15) is 0 Å². The lowest BCUT2D eigenvalue weighted by molar-refractivity contribution is 0.534. The highest BCUT2D eigenvalue weighted by atomic mass is 32.2. The van der Waals surface area contributed by atoms with Crippen LogP contribution in [0.4, 0.5) is 0 Å². The first-order chi connectivity index (χ1) is 13.6. The molecule has 7 nitrogen and oxygen atoms in total. The van der Waals surface area contributed by atoms with Gasteiger partial charge in [0.2, 0.25) is 0 Å². The number of rotatable bonds is 4. The van der Waals surface area contributed by atoms with Gasteiger partial charge in [0.25, 0.3) is 5.56 Å². The number of thioether (sulfide) groups is 1. The van der Waals surface area contributed by atoms with Gasteiger partial charge in [-0.15, -0.1) is 10.2 Å². The molecule has 140 valence electrons. The Hall–Kier alpha value is -2.91. The molecular weight excluding hydrogens is 394 g/mol. The van der Waals surface area contributed by atoms with E-state index in [1.165, 1.54) is 23.1 Å². The van der Waals surface area contributed by atoms with Gasteiger partial charge in [-0.25, -0.2) is 4.98 Å². The minimum absolute atomic E-state index is 0.0641. The van der Waals surface area contributed by atoms with Crippen LogP contribution in [0, 0.1) is 6.92 Å². The largest absolute Gasteiger partial charge is 0.469 e. The average Bonchev–Trinajstić information content (AvgIpc) is 3.36. The Morgan fingerprint density at radius 1 is 1.21 bits per heavy atom. The van der Waals surface area contributed by atoms with E-state index in [1.54, 1.807) is 16.7 Å². The Morgan fingerprint density at radius 2 is 2.07 bits per heavy atom. The van der Waals surface area contributed by atoms with E-state index >= 15 is 0 Å². The summed E-state index contributed by atoms with van der Waals surface area (Å²) in [5, 5.41) is 9.31. The molecule has 0 spiro atoms. The number of thiazole rings is 1. The van der Waals surface area contributed by atoms with Gasteiger partial charge < -0.3 is 8.98 Å². The smallest absolute Gasteiger partial charge is 0.259 e. The summed E-state index contributed by atoms with van der Waals surface area (Å²) in [6.07, 6.45) is 1.64. The van der Waals surface area contributed by atoms with Gasteiger partial charge in [-0.05, 0) is 25.1 Å². The van der Waals surface area contributed by atoms with E-state index in [1.807, 2.05) is 48.9 Å². The first-order valence-electron chi connectivity index (χ1n) is 8.58. The van der Waals surface area contributed by atoms with Crippen LogP contribution in [0.1, 0.15) is 11.5 Å². The number of hydrogen-bond donors (Lipinski definition) is 0. The van der Waals surface area contributed by atoms with Crippen molar-refractivity contribution in [3.8, 4) is 11.4 Å². The average molecular weight is 409 g/mol. The molecule has 0 unspecified atom stereocenters. The molecule has 28 heavy (non-hydrogen) atoms. The number of hydrogen-bond acceptors (Lipinski definition) is 7. The number of para-hydroxylation sites is 1. The van der Waals surface area contributed by atoms with E-state index < -0.39 is 0 Å². The molecule has 0 aliphatic heterocycles. The molecule has 0 atom stereocenters. The number of aromatic nitrogens is 5. The van der Waals surface area contributed by atoms with Crippen molar-refractivity contribution in [3.05, 3.63) is 64.5 Å². The summed E-state index contributed by atoms with van der Waals surface area (Å²) in [5.41, 5.74) is 2.48. The lowest BCUT2D eigenvalue weighted by Gasteiger charge is -2.03. The summed E-state index contributed by atoms with van der Waals surface area (Å²) in [7, 11) is 1.92. The van der Waals surface area contributed by atoms with Crippen molar-refractivity contribution in [2.45, 2.75) is 17.8 Å². The topological polar surface area (TPSA) is 78.2 Å². The van der Waals surface area contributed by atoms with Gasteiger partial charge in [-0.3, -0.25) is 9.20 Å². The molecule has 5 aromatic rings. The molecule has 0 amide bonds. The second-order valence-electron chi connectivity index (χ2n) is 6.32. The number of fused-ring (bicyclic) bond motifs is 3. The Kier molecular flexibility index (Phi) is 4.06. The number of furan rings is 1. The molecule has 0 fully saturated rings. The van der Waals surface area contributed by atoms with Crippen molar-refractivity contribution in [2.24, 2.45) is 7.05 Å². The zero-order valence-corrected chi connectivity index (χ0v) is 16.8. The number of benzene rings is 1. The third kappa shape index (κ3) is 2.74. The molecule has 4 aromatic heterocycles. The molecule has 5 rings (SSSR count). The molecule has 0 aliphatic rings. The second kappa shape index (κ2) is 6.61. The molecule has 0 radical (unpaired) electrons. The fourth-order valence-corrected chi connectivity index (χ4v) is 4.98. The minimum atomic E-state index is -0.0641. The summed E-state index contributed by atoms with van der Waals surface area (Å²) in [6, 6.07) is 11.3. The van der Waals surface area contributed by atoms with Gasteiger partial charge >= 0.3 is 0 Å². The van der Waals surface area contributed by atoms with Crippen molar-refractivity contribution < 1.29 is 4.42 Å². The highest BCUT2D eigenvalue weighted by molar-refractivity contribution is 7.98. The van der Waals surface area contributed by atoms with Crippen LogP contribution < -0.4 is 5.56 Å². The fraction of sp³-hybridized carbons (Fsp3) is 0.158. The predicted octanol–water partition coefficient (Wildman–Crippen LogP) is 3.90. The van der Waals surface area contributed by atoms with Gasteiger partial charge in [0, 0.05) is 18.9 Å². The molecule has 0 aliphatic carbocycles. The molecule has 1 aromatic carbocycles. The molecular formula is C19H15N5O2S2. The second-order valence-corrected chi connectivity index (χ2v) is 8.27. The van der Waals surface area contributed by atoms with Crippen LogP contribution in [0.3, 0.4) is 0 Å². The number of nitrogens with zero attached hydrogens (tertiary/aromatic N) is 5. The zero-order chi connectivity index (χ0) is 19.3. The van der Waals surface area contributed by atoms with Crippen molar-refractivity contribution in [3.63, 3.8) is 0 Å². The SMILES string of the molecule is Cc1occc1-c1nnc(SCc2cc(=O)n3c(n2)sc2ccccc23)n1C. The van der Waals surface area contributed by atoms with Crippen LogP contribution in [0.2, 0.25) is 0 Å². The third-order valence-electron chi connectivity index (χ3n) is 4.53. The third-order valence-corrected chi connectivity index (χ3v) is 6.61. The van der Waals surface area contributed by atoms with Crippen molar-refractivity contribution in [2.75, 3.05) is 0 Å². The molecule has 0 bridgehead atoms. The molecule has 0 saturated heterocycles. The lowest BCUT2D eigenvalue weighted by atomic mass is 10.2.